The summed E-state index contributed by atoms with van der Waals surface area (Å²) in [5.74, 6) is -0.883. The van der Waals surface area contributed by atoms with Gasteiger partial charge in [0.1, 0.15) is 29.1 Å². The molecule has 4 rings (SSSR count). The molecular weight excluding hydrogens is 506 g/mol. The van der Waals surface area contributed by atoms with E-state index in [1.54, 1.807) is 63.2 Å². The summed E-state index contributed by atoms with van der Waals surface area (Å²) in [6.45, 7) is 5.27. The van der Waals surface area contributed by atoms with Crippen LogP contribution >= 0.6 is 0 Å². The third-order valence-electron chi connectivity index (χ3n) is 6.09. The van der Waals surface area contributed by atoms with E-state index >= 15 is 0 Å². The standard InChI is InChI=1S/C30H28F2N2O5/c1-4-37-27(35)17-21-11-14-25(31)23(16-21)15-20-9-12-22(13-10-20)29-28(18(2)34-39-29)33-30(36)38-19(3)24-7-5-6-8-26(24)32/h5-14,16,19H,4,15,17H2,1-3H3,(H,33,36). The first kappa shape index (κ1) is 27.5. The van der Waals surface area contributed by atoms with Crippen molar-refractivity contribution in [3.63, 3.8) is 0 Å². The van der Waals surface area contributed by atoms with Crippen molar-refractivity contribution in [2.24, 2.45) is 0 Å². The number of hydrogen-bond acceptors (Lipinski definition) is 6. The number of aromatic nitrogens is 1. The van der Waals surface area contributed by atoms with E-state index in [0.717, 1.165) is 5.56 Å². The second-order valence-electron chi connectivity index (χ2n) is 8.95. The molecule has 1 atom stereocenters. The zero-order chi connectivity index (χ0) is 27.9. The molecule has 1 amide bonds. The summed E-state index contributed by atoms with van der Waals surface area (Å²) in [5, 5.41) is 6.60. The Morgan fingerprint density at radius 1 is 1.00 bits per heavy atom. The number of amides is 1. The molecule has 0 spiro atoms. The van der Waals surface area contributed by atoms with E-state index < -0.39 is 18.0 Å². The molecule has 0 saturated heterocycles. The number of carbonyl (C=O) groups excluding carboxylic acids is 2. The van der Waals surface area contributed by atoms with Gasteiger partial charge in [0.05, 0.1) is 13.0 Å². The Labute approximate surface area is 224 Å². The Morgan fingerprint density at radius 3 is 2.44 bits per heavy atom. The lowest BCUT2D eigenvalue weighted by atomic mass is 9.99. The Kier molecular flexibility index (Phi) is 8.70. The topological polar surface area (TPSA) is 90.7 Å². The number of halogens is 2. The number of nitrogens with zero attached hydrogens (tertiary/aromatic N) is 1. The lowest BCUT2D eigenvalue weighted by molar-refractivity contribution is -0.142. The zero-order valence-electron chi connectivity index (χ0n) is 21.8. The number of nitrogens with one attached hydrogen (secondary N) is 1. The Bertz CT molecular complexity index is 1470. The number of aryl methyl sites for hydroxylation is 1. The largest absolute Gasteiger partial charge is 0.466 e. The van der Waals surface area contributed by atoms with Crippen LogP contribution in [0.2, 0.25) is 0 Å². The third kappa shape index (κ3) is 6.87. The summed E-state index contributed by atoms with van der Waals surface area (Å²) >= 11 is 0. The molecule has 3 aromatic carbocycles. The minimum Gasteiger partial charge on any atom is -0.466 e. The van der Waals surface area contributed by atoms with E-state index in [9.17, 15) is 18.4 Å². The number of carbonyl (C=O) groups is 2. The first-order valence-electron chi connectivity index (χ1n) is 12.5. The molecule has 7 nitrogen and oxygen atoms in total. The Balaban J connectivity index is 1.45. The van der Waals surface area contributed by atoms with E-state index in [1.165, 1.54) is 12.1 Å². The van der Waals surface area contributed by atoms with E-state index in [1.807, 2.05) is 12.1 Å². The molecule has 0 aliphatic carbocycles. The predicted octanol–water partition coefficient (Wildman–Crippen LogP) is 6.93. The summed E-state index contributed by atoms with van der Waals surface area (Å²) in [4.78, 5) is 24.4. The molecule has 0 fully saturated rings. The lowest BCUT2D eigenvalue weighted by Gasteiger charge is -2.15. The summed E-state index contributed by atoms with van der Waals surface area (Å²) in [5.41, 5.74) is 3.60. The average Bonchev–Trinajstić information content (AvgIpc) is 3.26. The van der Waals surface area contributed by atoms with Crippen LogP contribution in [0.3, 0.4) is 0 Å². The Morgan fingerprint density at radius 2 is 1.72 bits per heavy atom. The van der Waals surface area contributed by atoms with Crippen molar-refractivity contribution < 1.29 is 32.4 Å². The highest BCUT2D eigenvalue weighted by molar-refractivity contribution is 5.90. The monoisotopic (exact) mass is 534 g/mol. The minimum atomic E-state index is -0.815. The van der Waals surface area contributed by atoms with E-state index in [-0.39, 0.29) is 30.4 Å². The van der Waals surface area contributed by atoms with E-state index in [4.69, 9.17) is 14.0 Å². The number of esters is 1. The summed E-state index contributed by atoms with van der Waals surface area (Å²) < 4.78 is 44.3. The van der Waals surface area contributed by atoms with Gasteiger partial charge in [0.25, 0.3) is 0 Å². The highest BCUT2D eigenvalue weighted by Gasteiger charge is 2.21. The molecule has 39 heavy (non-hydrogen) atoms. The van der Waals surface area contributed by atoms with Crippen molar-refractivity contribution in [1.29, 1.82) is 0 Å². The molecule has 4 aromatic rings. The maximum atomic E-state index is 14.5. The molecule has 9 heteroatoms. The van der Waals surface area contributed by atoms with Gasteiger partial charge in [-0.15, -0.1) is 0 Å². The maximum absolute atomic E-state index is 14.5. The highest BCUT2D eigenvalue weighted by Crippen LogP contribution is 2.32. The second-order valence-corrected chi connectivity index (χ2v) is 8.95. The van der Waals surface area contributed by atoms with Crippen LogP contribution in [0.25, 0.3) is 11.3 Å². The van der Waals surface area contributed by atoms with Crippen LogP contribution in [-0.2, 0) is 27.1 Å². The van der Waals surface area contributed by atoms with Crippen LogP contribution in [0.15, 0.2) is 71.3 Å². The summed E-state index contributed by atoms with van der Waals surface area (Å²) in [6.07, 6.45) is -1.22. The van der Waals surface area contributed by atoms with Crippen molar-refractivity contribution >= 4 is 17.7 Å². The van der Waals surface area contributed by atoms with Crippen LogP contribution in [0.1, 0.15) is 47.9 Å². The fraction of sp³-hybridized carbons (Fsp3) is 0.233. The Hall–Kier alpha value is -4.53. The van der Waals surface area contributed by atoms with Crippen LogP contribution in [0.4, 0.5) is 19.3 Å². The number of benzene rings is 3. The van der Waals surface area contributed by atoms with Gasteiger partial charge in [-0.3, -0.25) is 10.1 Å². The van der Waals surface area contributed by atoms with Crippen molar-refractivity contribution in [1.82, 2.24) is 5.16 Å². The van der Waals surface area contributed by atoms with Crippen LogP contribution in [-0.4, -0.2) is 23.8 Å². The van der Waals surface area contributed by atoms with Crippen molar-refractivity contribution in [3.8, 4) is 11.3 Å². The van der Waals surface area contributed by atoms with Gasteiger partial charge < -0.3 is 14.0 Å². The highest BCUT2D eigenvalue weighted by atomic mass is 19.1. The van der Waals surface area contributed by atoms with E-state index in [2.05, 4.69) is 10.5 Å². The molecule has 0 saturated carbocycles. The molecule has 202 valence electrons. The maximum Gasteiger partial charge on any atom is 0.412 e. The zero-order valence-corrected chi connectivity index (χ0v) is 21.8. The predicted molar refractivity (Wildman–Crippen MR) is 141 cm³/mol. The average molecular weight is 535 g/mol. The van der Waals surface area contributed by atoms with Gasteiger partial charge >= 0.3 is 12.1 Å². The van der Waals surface area contributed by atoms with Gasteiger partial charge in [-0.2, -0.15) is 0 Å². The second kappa shape index (κ2) is 12.3. The lowest BCUT2D eigenvalue weighted by Crippen LogP contribution is -2.17. The fourth-order valence-electron chi connectivity index (χ4n) is 4.12. The molecule has 1 heterocycles. The molecule has 0 aliphatic rings. The van der Waals surface area contributed by atoms with Gasteiger partial charge in [0, 0.05) is 17.5 Å². The molecule has 1 unspecified atom stereocenters. The third-order valence-corrected chi connectivity index (χ3v) is 6.09. The number of anilines is 1. The minimum absolute atomic E-state index is 0.0716. The quantitative estimate of drug-likeness (QED) is 0.234. The van der Waals surface area contributed by atoms with Crippen molar-refractivity contribution in [2.75, 3.05) is 11.9 Å². The van der Waals surface area contributed by atoms with Crippen LogP contribution in [0, 0.1) is 18.6 Å². The number of rotatable bonds is 9. The van der Waals surface area contributed by atoms with Gasteiger partial charge in [-0.05, 0) is 49.6 Å². The molecule has 1 N–H and O–H groups in total. The van der Waals surface area contributed by atoms with E-state index in [0.29, 0.717) is 40.3 Å². The first-order valence-corrected chi connectivity index (χ1v) is 12.5. The summed E-state index contributed by atoms with van der Waals surface area (Å²) in [7, 11) is 0. The molecule has 0 bridgehead atoms. The summed E-state index contributed by atoms with van der Waals surface area (Å²) in [6, 6.07) is 17.8. The molecular formula is C30H28F2N2O5. The van der Waals surface area contributed by atoms with Gasteiger partial charge in [-0.1, -0.05) is 59.8 Å². The molecule has 0 radical (unpaired) electrons. The van der Waals surface area contributed by atoms with Gasteiger partial charge in [0.2, 0.25) is 0 Å². The van der Waals surface area contributed by atoms with Crippen LogP contribution < -0.4 is 5.32 Å². The fourth-order valence-corrected chi connectivity index (χ4v) is 4.12. The SMILES string of the molecule is CCOC(=O)Cc1ccc(F)c(Cc2ccc(-c3onc(C)c3NC(=O)OC(C)c3ccccc3F)cc2)c1. The van der Waals surface area contributed by atoms with Crippen molar-refractivity contribution in [2.45, 2.75) is 39.7 Å². The smallest absolute Gasteiger partial charge is 0.412 e. The normalized spacial score (nSPS) is 11.6. The number of ether oxygens (including phenoxy) is 2. The van der Waals surface area contributed by atoms with Crippen LogP contribution in [0.5, 0.6) is 0 Å². The van der Waals surface area contributed by atoms with Crippen molar-refractivity contribution in [3.05, 3.63) is 106 Å². The molecule has 1 aromatic heterocycles. The van der Waals surface area contributed by atoms with Gasteiger partial charge in [0.15, 0.2) is 5.76 Å². The number of hydrogen-bond donors (Lipinski definition) is 1. The molecule has 0 aliphatic heterocycles. The first-order chi connectivity index (χ1) is 18.7. The van der Waals surface area contributed by atoms with Gasteiger partial charge in [-0.25, -0.2) is 13.6 Å².